The molecule has 0 radical (unpaired) electrons. The third kappa shape index (κ3) is 3.33. The van der Waals surface area contributed by atoms with Crippen molar-refractivity contribution in [2.75, 3.05) is 26.7 Å². The van der Waals surface area contributed by atoms with Gasteiger partial charge in [0.2, 0.25) is 0 Å². The standard InChI is InChI=1S/C18H19IN2O/c1-20-10-11-21(17(13-20)14-6-3-2-4-7-14)18(22)15-8-5-9-16(19)12-15/h2-9,12,17H,10-11,13H2,1H3. The number of hydrogen-bond acceptors (Lipinski definition) is 2. The van der Waals surface area contributed by atoms with Gasteiger partial charge in [0.05, 0.1) is 6.04 Å². The predicted molar refractivity (Wildman–Crippen MR) is 96.9 cm³/mol. The number of carbonyl (C=O) groups excluding carboxylic acids is 1. The van der Waals surface area contributed by atoms with Gasteiger partial charge in [-0.25, -0.2) is 0 Å². The summed E-state index contributed by atoms with van der Waals surface area (Å²) in [6.07, 6.45) is 0. The van der Waals surface area contributed by atoms with Crippen molar-refractivity contribution < 1.29 is 4.79 Å². The molecule has 0 spiro atoms. The summed E-state index contributed by atoms with van der Waals surface area (Å²) < 4.78 is 1.09. The van der Waals surface area contributed by atoms with Crippen molar-refractivity contribution in [1.82, 2.24) is 9.80 Å². The Morgan fingerprint density at radius 1 is 1.09 bits per heavy atom. The minimum Gasteiger partial charge on any atom is -0.329 e. The van der Waals surface area contributed by atoms with Crippen LogP contribution in [0.15, 0.2) is 54.6 Å². The summed E-state index contributed by atoms with van der Waals surface area (Å²) in [5.74, 6) is 0.125. The predicted octanol–water partition coefficient (Wildman–Crippen LogP) is 3.42. The molecular weight excluding hydrogens is 387 g/mol. The summed E-state index contributed by atoms with van der Waals surface area (Å²) in [4.78, 5) is 17.2. The van der Waals surface area contributed by atoms with E-state index in [1.165, 1.54) is 5.56 Å². The van der Waals surface area contributed by atoms with E-state index in [2.05, 4.69) is 46.7 Å². The van der Waals surface area contributed by atoms with Gasteiger partial charge in [-0.1, -0.05) is 36.4 Å². The molecule has 1 aliphatic heterocycles. The number of hydrogen-bond donors (Lipinski definition) is 0. The van der Waals surface area contributed by atoms with Gasteiger partial charge in [0.15, 0.2) is 0 Å². The Bertz CT molecular complexity index is 659. The van der Waals surface area contributed by atoms with Crippen LogP contribution in [0, 0.1) is 3.57 Å². The van der Waals surface area contributed by atoms with Crippen molar-refractivity contribution in [2.24, 2.45) is 0 Å². The molecule has 2 aromatic rings. The average molecular weight is 406 g/mol. The van der Waals surface area contributed by atoms with Gasteiger partial charge in [-0.05, 0) is 53.4 Å². The zero-order chi connectivity index (χ0) is 15.5. The smallest absolute Gasteiger partial charge is 0.254 e. The molecule has 1 saturated heterocycles. The minimum absolute atomic E-state index is 0.116. The first-order chi connectivity index (χ1) is 10.6. The minimum atomic E-state index is 0.116. The van der Waals surface area contributed by atoms with Gasteiger partial charge < -0.3 is 9.80 Å². The Hall–Kier alpha value is -1.40. The highest BCUT2D eigenvalue weighted by Crippen LogP contribution is 2.26. The fourth-order valence-electron chi connectivity index (χ4n) is 2.91. The normalized spacial score (nSPS) is 19.2. The van der Waals surface area contributed by atoms with Crippen LogP contribution in [0.3, 0.4) is 0 Å². The van der Waals surface area contributed by atoms with Crippen LogP contribution in [0.4, 0.5) is 0 Å². The van der Waals surface area contributed by atoms with Gasteiger partial charge in [0, 0.05) is 28.8 Å². The van der Waals surface area contributed by atoms with Crippen molar-refractivity contribution in [1.29, 1.82) is 0 Å². The Labute approximate surface area is 145 Å². The molecule has 1 unspecified atom stereocenters. The number of piperazine rings is 1. The van der Waals surface area contributed by atoms with E-state index in [1.807, 2.05) is 47.4 Å². The first-order valence-electron chi connectivity index (χ1n) is 7.45. The van der Waals surface area contributed by atoms with E-state index in [-0.39, 0.29) is 11.9 Å². The Morgan fingerprint density at radius 2 is 1.86 bits per heavy atom. The average Bonchev–Trinajstić information content (AvgIpc) is 2.55. The largest absolute Gasteiger partial charge is 0.329 e. The molecule has 1 heterocycles. The molecule has 0 N–H and O–H groups in total. The number of nitrogens with zero attached hydrogens (tertiary/aromatic N) is 2. The van der Waals surface area contributed by atoms with Crippen LogP contribution in [0.1, 0.15) is 22.0 Å². The Kier molecular flexibility index (Phi) is 4.78. The van der Waals surface area contributed by atoms with Crippen molar-refractivity contribution in [3.8, 4) is 0 Å². The van der Waals surface area contributed by atoms with E-state index in [4.69, 9.17) is 0 Å². The van der Waals surface area contributed by atoms with E-state index < -0.39 is 0 Å². The third-order valence-electron chi connectivity index (χ3n) is 4.10. The van der Waals surface area contributed by atoms with E-state index in [9.17, 15) is 4.79 Å². The van der Waals surface area contributed by atoms with Crippen molar-refractivity contribution in [3.63, 3.8) is 0 Å². The van der Waals surface area contributed by atoms with Crippen LogP contribution in [-0.2, 0) is 0 Å². The zero-order valence-corrected chi connectivity index (χ0v) is 14.7. The van der Waals surface area contributed by atoms with Crippen LogP contribution in [0.25, 0.3) is 0 Å². The van der Waals surface area contributed by atoms with E-state index in [0.717, 1.165) is 28.8 Å². The number of amides is 1. The van der Waals surface area contributed by atoms with E-state index >= 15 is 0 Å². The summed E-state index contributed by atoms with van der Waals surface area (Å²) in [7, 11) is 2.11. The molecule has 0 aliphatic carbocycles. The van der Waals surface area contributed by atoms with Crippen LogP contribution in [0.5, 0.6) is 0 Å². The molecule has 0 bridgehead atoms. The summed E-state index contributed by atoms with van der Waals surface area (Å²) in [6, 6.07) is 18.3. The molecule has 114 valence electrons. The zero-order valence-electron chi connectivity index (χ0n) is 12.6. The third-order valence-corrected chi connectivity index (χ3v) is 4.77. The van der Waals surface area contributed by atoms with Crippen LogP contribution in [-0.4, -0.2) is 42.4 Å². The second-order valence-corrected chi connectivity index (χ2v) is 6.94. The lowest BCUT2D eigenvalue weighted by molar-refractivity contribution is 0.0498. The first kappa shape index (κ1) is 15.5. The van der Waals surface area contributed by atoms with Crippen LogP contribution in [0.2, 0.25) is 0 Å². The molecule has 1 atom stereocenters. The van der Waals surface area contributed by atoms with Gasteiger partial charge in [-0.2, -0.15) is 0 Å². The number of likely N-dealkylation sites (N-methyl/N-ethyl adjacent to an activating group) is 1. The molecule has 0 aromatic heterocycles. The monoisotopic (exact) mass is 406 g/mol. The molecule has 4 heteroatoms. The maximum atomic E-state index is 12.9. The number of halogens is 1. The molecule has 1 aliphatic rings. The first-order valence-corrected chi connectivity index (χ1v) is 8.53. The highest BCUT2D eigenvalue weighted by molar-refractivity contribution is 14.1. The molecule has 1 amide bonds. The highest BCUT2D eigenvalue weighted by Gasteiger charge is 2.30. The lowest BCUT2D eigenvalue weighted by Crippen LogP contribution is -2.49. The Morgan fingerprint density at radius 3 is 2.59 bits per heavy atom. The molecule has 3 nitrogen and oxygen atoms in total. The van der Waals surface area contributed by atoms with E-state index in [0.29, 0.717) is 0 Å². The SMILES string of the molecule is CN1CCN(C(=O)c2cccc(I)c2)C(c2ccccc2)C1. The lowest BCUT2D eigenvalue weighted by atomic mass is 10.0. The summed E-state index contributed by atoms with van der Waals surface area (Å²) in [5, 5.41) is 0. The second-order valence-electron chi connectivity index (χ2n) is 5.70. The maximum absolute atomic E-state index is 12.9. The molecule has 22 heavy (non-hydrogen) atoms. The molecule has 1 fully saturated rings. The van der Waals surface area contributed by atoms with Gasteiger partial charge in [-0.3, -0.25) is 4.79 Å². The van der Waals surface area contributed by atoms with Crippen LogP contribution < -0.4 is 0 Å². The highest BCUT2D eigenvalue weighted by atomic mass is 127. The quantitative estimate of drug-likeness (QED) is 0.714. The lowest BCUT2D eigenvalue weighted by Gasteiger charge is -2.40. The molecule has 0 saturated carbocycles. The topological polar surface area (TPSA) is 23.6 Å². The second kappa shape index (κ2) is 6.79. The van der Waals surface area contributed by atoms with Crippen molar-refractivity contribution >= 4 is 28.5 Å². The molecule has 3 rings (SSSR count). The van der Waals surface area contributed by atoms with E-state index in [1.54, 1.807) is 0 Å². The van der Waals surface area contributed by atoms with Gasteiger partial charge in [0.1, 0.15) is 0 Å². The number of rotatable bonds is 2. The molecular formula is C18H19IN2O. The van der Waals surface area contributed by atoms with Crippen LogP contribution >= 0.6 is 22.6 Å². The van der Waals surface area contributed by atoms with Crippen molar-refractivity contribution in [3.05, 3.63) is 69.3 Å². The number of carbonyl (C=O) groups is 1. The fraction of sp³-hybridized carbons (Fsp3) is 0.278. The van der Waals surface area contributed by atoms with Gasteiger partial charge in [-0.15, -0.1) is 0 Å². The number of benzene rings is 2. The van der Waals surface area contributed by atoms with Crippen molar-refractivity contribution in [2.45, 2.75) is 6.04 Å². The maximum Gasteiger partial charge on any atom is 0.254 e. The van der Waals surface area contributed by atoms with Gasteiger partial charge in [0.25, 0.3) is 5.91 Å². The summed E-state index contributed by atoms with van der Waals surface area (Å²) >= 11 is 2.25. The summed E-state index contributed by atoms with van der Waals surface area (Å²) in [6.45, 7) is 2.55. The van der Waals surface area contributed by atoms with Gasteiger partial charge >= 0.3 is 0 Å². The Balaban J connectivity index is 1.91. The molecule has 2 aromatic carbocycles. The summed E-state index contributed by atoms with van der Waals surface area (Å²) in [5.41, 5.74) is 1.98. The fourth-order valence-corrected chi connectivity index (χ4v) is 3.45.